The molecular formula is C18H20ClNO2. The van der Waals surface area contributed by atoms with Crippen LogP contribution < -0.4 is 10.1 Å². The Morgan fingerprint density at radius 1 is 1.09 bits per heavy atom. The first-order valence-electron chi connectivity index (χ1n) is 7.22. The van der Waals surface area contributed by atoms with Crippen molar-refractivity contribution in [2.45, 2.75) is 27.2 Å². The van der Waals surface area contributed by atoms with E-state index in [1.807, 2.05) is 20.8 Å². The minimum Gasteiger partial charge on any atom is -0.493 e. The fraction of sp³-hybridized carbons (Fsp3) is 0.278. The van der Waals surface area contributed by atoms with E-state index in [-0.39, 0.29) is 5.91 Å². The highest BCUT2D eigenvalue weighted by molar-refractivity contribution is 6.30. The fourth-order valence-corrected chi connectivity index (χ4v) is 2.50. The molecule has 0 bridgehead atoms. The number of aryl methyl sites for hydroxylation is 3. The number of carbonyl (C=O) groups excluding carboxylic acids is 1. The van der Waals surface area contributed by atoms with Gasteiger partial charge in [0.15, 0.2) is 0 Å². The highest BCUT2D eigenvalue weighted by Crippen LogP contribution is 2.22. The number of rotatable bonds is 5. The Morgan fingerprint density at radius 2 is 1.68 bits per heavy atom. The molecule has 2 aromatic rings. The molecule has 0 aliphatic heterocycles. The second kappa shape index (κ2) is 7.32. The normalized spacial score (nSPS) is 10.4. The van der Waals surface area contributed by atoms with Crippen LogP contribution >= 0.6 is 11.6 Å². The lowest BCUT2D eigenvalue weighted by molar-refractivity contribution is -0.116. The first kappa shape index (κ1) is 16.4. The standard InChI is InChI=1S/C18H20ClNO2/c1-12-10-13(2)18(14(3)11-12)20-17(21)8-9-22-16-6-4-15(19)5-7-16/h4-7,10-11H,8-9H2,1-3H3,(H,20,21). The highest BCUT2D eigenvalue weighted by Gasteiger charge is 2.08. The van der Waals surface area contributed by atoms with Crippen LogP contribution in [-0.2, 0) is 4.79 Å². The summed E-state index contributed by atoms with van der Waals surface area (Å²) < 4.78 is 5.53. The van der Waals surface area contributed by atoms with Gasteiger partial charge in [0.2, 0.25) is 5.91 Å². The molecule has 1 amide bonds. The van der Waals surface area contributed by atoms with E-state index >= 15 is 0 Å². The molecule has 1 N–H and O–H groups in total. The number of carbonyl (C=O) groups is 1. The summed E-state index contributed by atoms with van der Waals surface area (Å²) in [5, 5.41) is 3.62. The molecule has 116 valence electrons. The Hall–Kier alpha value is -2.00. The zero-order valence-electron chi connectivity index (χ0n) is 13.1. The monoisotopic (exact) mass is 317 g/mol. The minimum atomic E-state index is -0.0518. The molecule has 0 unspecified atom stereocenters. The summed E-state index contributed by atoms with van der Waals surface area (Å²) in [6.07, 6.45) is 0.301. The third-order valence-electron chi connectivity index (χ3n) is 3.35. The second-order valence-electron chi connectivity index (χ2n) is 5.37. The maximum Gasteiger partial charge on any atom is 0.227 e. The molecule has 3 nitrogen and oxygen atoms in total. The Bertz CT molecular complexity index is 642. The molecule has 0 heterocycles. The third kappa shape index (κ3) is 4.50. The number of halogens is 1. The molecule has 2 aromatic carbocycles. The molecule has 0 aliphatic rings. The van der Waals surface area contributed by atoms with Crippen LogP contribution in [0, 0.1) is 20.8 Å². The number of ether oxygens (including phenoxy) is 1. The van der Waals surface area contributed by atoms with Gasteiger partial charge in [0.1, 0.15) is 5.75 Å². The van der Waals surface area contributed by atoms with E-state index in [1.165, 1.54) is 5.56 Å². The summed E-state index contributed by atoms with van der Waals surface area (Å²) in [6, 6.07) is 11.2. The molecule has 4 heteroatoms. The van der Waals surface area contributed by atoms with Crippen LogP contribution in [0.15, 0.2) is 36.4 Å². The summed E-state index contributed by atoms with van der Waals surface area (Å²) in [5.41, 5.74) is 4.23. The van der Waals surface area contributed by atoms with Crippen molar-refractivity contribution in [3.8, 4) is 5.75 Å². The van der Waals surface area contributed by atoms with Crippen molar-refractivity contribution in [2.75, 3.05) is 11.9 Å². The second-order valence-corrected chi connectivity index (χ2v) is 5.81. The minimum absolute atomic E-state index is 0.0518. The van der Waals surface area contributed by atoms with Gasteiger partial charge in [-0.05, 0) is 56.2 Å². The van der Waals surface area contributed by atoms with Crippen LogP contribution in [0.1, 0.15) is 23.1 Å². The Labute approximate surface area is 136 Å². The Morgan fingerprint density at radius 3 is 2.27 bits per heavy atom. The zero-order valence-corrected chi connectivity index (χ0v) is 13.8. The summed E-state index contributed by atoms with van der Waals surface area (Å²) in [6.45, 7) is 6.38. The van der Waals surface area contributed by atoms with Gasteiger partial charge in [0.05, 0.1) is 13.0 Å². The summed E-state index contributed by atoms with van der Waals surface area (Å²) >= 11 is 5.81. The van der Waals surface area contributed by atoms with E-state index in [2.05, 4.69) is 17.4 Å². The van der Waals surface area contributed by atoms with E-state index in [0.29, 0.717) is 23.8 Å². The molecule has 0 radical (unpaired) electrons. The van der Waals surface area contributed by atoms with Crippen LogP contribution in [-0.4, -0.2) is 12.5 Å². The van der Waals surface area contributed by atoms with Gasteiger partial charge in [-0.2, -0.15) is 0 Å². The number of anilines is 1. The van der Waals surface area contributed by atoms with Gasteiger partial charge in [-0.25, -0.2) is 0 Å². The lowest BCUT2D eigenvalue weighted by atomic mass is 10.1. The van der Waals surface area contributed by atoms with Crippen LogP contribution in [0.2, 0.25) is 5.02 Å². The summed E-state index contributed by atoms with van der Waals surface area (Å²) in [7, 11) is 0. The molecule has 0 spiro atoms. The van der Waals surface area contributed by atoms with Gasteiger partial charge in [0.25, 0.3) is 0 Å². The zero-order chi connectivity index (χ0) is 16.1. The largest absolute Gasteiger partial charge is 0.493 e. The van der Waals surface area contributed by atoms with Crippen molar-refractivity contribution < 1.29 is 9.53 Å². The SMILES string of the molecule is Cc1cc(C)c(NC(=O)CCOc2ccc(Cl)cc2)c(C)c1. The Kier molecular flexibility index (Phi) is 5.45. The number of benzene rings is 2. The van der Waals surface area contributed by atoms with E-state index in [0.717, 1.165) is 16.8 Å². The molecule has 0 aliphatic carbocycles. The highest BCUT2D eigenvalue weighted by atomic mass is 35.5. The predicted molar refractivity (Wildman–Crippen MR) is 90.8 cm³/mol. The van der Waals surface area contributed by atoms with Crippen LogP contribution in [0.4, 0.5) is 5.69 Å². The van der Waals surface area contributed by atoms with E-state index in [1.54, 1.807) is 24.3 Å². The third-order valence-corrected chi connectivity index (χ3v) is 3.60. The molecule has 0 atom stereocenters. The molecular weight excluding hydrogens is 298 g/mol. The van der Waals surface area contributed by atoms with Crippen molar-refractivity contribution in [3.63, 3.8) is 0 Å². The van der Waals surface area contributed by atoms with Crippen molar-refractivity contribution >= 4 is 23.2 Å². The van der Waals surface area contributed by atoms with Crippen molar-refractivity contribution in [1.29, 1.82) is 0 Å². The average Bonchev–Trinajstić information content (AvgIpc) is 2.45. The van der Waals surface area contributed by atoms with Gasteiger partial charge >= 0.3 is 0 Å². The van der Waals surface area contributed by atoms with E-state index in [4.69, 9.17) is 16.3 Å². The molecule has 0 saturated carbocycles. The van der Waals surface area contributed by atoms with Gasteiger partial charge in [-0.15, -0.1) is 0 Å². The number of hydrogen-bond acceptors (Lipinski definition) is 2. The van der Waals surface area contributed by atoms with Crippen molar-refractivity contribution in [2.24, 2.45) is 0 Å². The van der Waals surface area contributed by atoms with Crippen LogP contribution in [0.25, 0.3) is 0 Å². The van der Waals surface area contributed by atoms with Crippen LogP contribution in [0.3, 0.4) is 0 Å². The predicted octanol–water partition coefficient (Wildman–Crippen LogP) is 4.67. The fourth-order valence-electron chi connectivity index (χ4n) is 2.37. The van der Waals surface area contributed by atoms with Crippen LogP contribution in [0.5, 0.6) is 5.75 Å². The van der Waals surface area contributed by atoms with Gasteiger partial charge < -0.3 is 10.1 Å². The average molecular weight is 318 g/mol. The number of amides is 1. The number of nitrogens with one attached hydrogen (secondary N) is 1. The van der Waals surface area contributed by atoms with E-state index < -0.39 is 0 Å². The van der Waals surface area contributed by atoms with Crippen molar-refractivity contribution in [1.82, 2.24) is 0 Å². The van der Waals surface area contributed by atoms with Gasteiger partial charge in [-0.3, -0.25) is 4.79 Å². The number of hydrogen-bond donors (Lipinski definition) is 1. The van der Waals surface area contributed by atoms with Crippen molar-refractivity contribution in [3.05, 3.63) is 58.1 Å². The topological polar surface area (TPSA) is 38.3 Å². The summed E-state index contributed by atoms with van der Waals surface area (Å²) in [4.78, 5) is 12.0. The quantitative estimate of drug-likeness (QED) is 0.870. The smallest absolute Gasteiger partial charge is 0.227 e. The molecule has 2 rings (SSSR count). The Balaban J connectivity index is 1.87. The molecule has 22 heavy (non-hydrogen) atoms. The summed E-state index contributed by atoms with van der Waals surface area (Å²) in [5.74, 6) is 0.656. The molecule has 0 fully saturated rings. The lowest BCUT2D eigenvalue weighted by Gasteiger charge is -2.13. The van der Waals surface area contributed by atoms with Gasteiger partial charge in [0, 0.05) is 10.7 Å². The maximum atomic E-state index is 12.0. The first-order valence-corrected chi connectivity index (χ1v) is 7.59. The maximum absolute atomic E-state index is 12.0. The van der Waals surface area contributed by atoms with Gasteiger partial charge in [-0.1, -0.05) is 29.3 Å². The van der Waals surface area contributed by atoms with E-state index in [9.17, 15) is 4.79 Å². The molecule has 0 saturated heterocycles. The molecule has 0 aromatic heterocycles. The first-order chi connectivity index (χ1) is 10.5. The lowest BCUT2D eigenvalue weighted by Crippen LogP contribution is -2.16.